The molecule has 1 aromatic carbocycles. The van der Waals surface area contributed by atoms with Crippen molar-refractivity contribution >= 4 is 5.78 Å². The van der Waals surface area contributed by atoms with Gasteiger partial charge in [-0.2, -0.15) is 0 Å². The maximum atomic E-state index is 11.7. The number of benzene rings is 1. The fourth-order valence-corrected chi connectivity index (χ4v) is 2.67. The summed E-state index contributed by atoms with van der Waals surface area (Å²) in [5.41, 5.74) is 3.95. The molecule has 2 aliphatic rings. The van der Waals surface area contributed by atoms with Gasteiger partial charge in [-0.25, -0.2) is 0 Å². The predicted molar refractivity (Wildman–Crippen MR) is 51.0 cm³/mol. The van der Waals surface area contributed by atoms with Crippen molar-refractivity contribution in [1.29, 1.82) is 0 Å². The average Bonchev–Trinajstić information content (AvgIpc) is 2.78. The first-order valence-electron chi connectivity index (χ1n) is 4.86. The number of rotatable bonds is 0. The molecule has 0 saturated heterocycles. The molecule has 1 heteroatoms. The lowest BCUT2D eigenvalue weighted by Gasteiger charge is -2.09. The van der Waals surface area contributed by atoms with Gasteiger partial charge in [0.05, 0.1) is 0 Å². The highest BCUT2D eigenvalue weighted by Gasteiger charge is 2.52. The Hall–Kier alpha value is -1.11. The molecule has 0 radical (unpaired) electrons. The Morgan fingerprint density at radius 1 is 1.31 bits per heavy atom. The molecule has 0 amide bonds. The van der Waals surface area contributed by atoms with Crippen molar-refractivity contribution in [3.05, 3.63) is 34.9 Å². The zero-order valence-corrected chi connectivity index (χ0v) is 7.76. The number of ketones is 1. The van der Waals surface area contributed by atoms with Crippen LogP contribution in [0.5, 0.6) is 0 Å². The smallest absolute Gasteiger partial charge is 0.164 e. The summed E-state index contributed by atoms with van der Waals surface area (Å²) in [4.78, 5) is 11.7. The van der Waals surface area contributed by atoms with E-state index in [1.165, 1.54) is 24.0 Å². The lowest BCUT2D eigenvalue weighted by Crippen LogP contribution is -2.02. The SMILES string of the molecule is Cc1cccc2c1C1(CC1)CC2=O. The van der Waals surface area contributed by atoms with Crippen molar-refractivity contribution in [2.75, 3.05) is 0 Å². The summed E-state index contributed by atoms with van der Waals surface area (Å²) in [6.45, 7) is 2.12. The van der Waals surface area contributed by atoms with Gasteiger partial charge in [0, 0.05) is 17.4 Å². The van der Waals surface area contributed by atoms with Crippen LogP contribution < -0.4 is 0 Å². The molecule has 1 spiro atoms. The minimum absolute atomic E-state index is 0.289. The van der Waals surface area contributed by atoms with E-state index in [-0.39, 0.29) is 5.41 Å². The zero-order valence-electron chi connectivity index (χ0n) is 7.76. The van der Waals surface area contributed by atoms with Crippen molar-refractivity contribution in [2.24, 2.45) is 0 Å². The van der Waals surface area contributed by atoms with Gasteiger partial charge in [-0.1, -0.05) is 18.2 Å². The summed E-state index contributed by atoms with van der Waals surface area (Å²) >= 11 is 0. The van der Waals surface area contributed by atoms with E-state index in [0.29, 0.717) is 5.78 Å². The Labute approximate surface area is 77.8 Å². The molecule has 2 aliphatic carbocycles. The van der Waals surface area contributed by atoms with Gasteiger partial charge in [-0.15, -0.1) is 0 Å². The van der Waals surface area contributed by atoms with Crippen molar-refractivity contribution in [3.63, 3.8) is 0 Å². The van der Waals surface area contributed by atoms with Crippen LogP contribution in [0, 0.1) is 6.92 Å². The van der Waals surface area contributed by atoms with E-state index in [4.69, 9.17) is 0 Å². The third-order valence-corrected chi connectivity index (χ3v) is 3.46. The van der Waals surface area contributed by atoms with E-state index in [2.05, 4.69) is 13.0 Å². The van der Waals surface area contributed by atoms with Crippen molar-refractivity contribution < 1.29 is 4.79 Å². The Balaban J connectivity index is 2.32. The van der Waals surface area contributed by atoms with Gasteiger partial charge in [0.1, 0.15) is 0 Å². The fourth-order valence-electron chi connectivity index (χ4n) is 2.67. The van der Waals surface area contributed by atoms with Crippen LogP contribution >= 0.6 is 0 Å². The Morgan fingerprint density at radius 2 is 2.08 bits per heavy atom. The number of carbonyl (C=O) groups is 1. The van der Waals surface area contributed by atoms with Gasteiger partial charge in [-0.3, -0.25) is 4.79 Å². The zero-order chi connectivity index (χ0) is 9.05. The molecule has 0 aliphatic heterocycles. The second-order valence-corrected chi connectivity index (χ2v) is 4.38. The molecule has 0 N–H and O–H groups in total. The minimum Gasteiger partial charge on any atom is -0.294 e. The Kier molecular flexibility index (Phi) is 1.14. The molecule has 1 saturated carbocycles. The topological polar surface area (TPSA) is 17.1 Å². The van der Waals surface area contributed by atoms with Crippen LogP contribution in [0.2, 0.25) is 0 Å². The number of hydrogen-bond donors (Lipinski definition) is 0. The second kappa shape index (κ2) is 2.03. The highest BCUT2D eigenvalue weighted by atomic mass is 16.1. The predicted octanol–water partition coefficient (Wildman–Crippen LogP) is 2.61. The summed E-state index contributed by atoms with van der Waals surface area (Å²) in [5, 5.41) is 0. The van der Waals surface area contributed by atoms with Gasteiger partial charge in [-0.05, 0) is 30.9 Å². The molecule has 13 heavy (non-hydrogen) atoms. The Bertz CT molecular complexity index is 400. The van der Waals surface area contributed by atoms with Crippen LogP contribution in [0.1, 0.15) is 40.7 Å². The molecule has 1 fully saturated rings. The third kappa shape index (κ3) is 0.796. The molecule has 1 nitrogen and oxygen atoms in total. The molecule has 0 bridgehead atoms. The van der Waals surface area contributed by atoms with Crippen LogP contribution in [0.15, 0.2) is 18.2 Å². The Morgan fingerprint density at radius 3 is 2.77 bits per heavy atom. The van der Waals surface area contributed by atoms with E-state index in [1.807, 2.05) is 12.1 Å². The van der Waals surface area contributed by atoms with Gasteiger partial charge < -0.3 is 0 Å². The monoisotopic (exact) mass is 172 g/mol. The van der Waals surface area contributed by atoms with Gasteiger partial charge in [0.15, 0.2) is 5.78 Å². The average molecular weight is 172 g/mol. The van der Waals surface area contributed by atoms with Crippen molar-refractivity contribution in [2.45, 2.75) is 31.6 Å². The van der Waals surface area contributed by atoms with Crippen molar-refractivity contribution in [3.8, 4) is 0 Å². The molecule has 0 aromatic heterocycles. The first-order chi connectivity index (χ1) is 6.23. The normalized spacial score (nSPS) is 22.1. The number of Topliss-reactive ketones (excluding diaryl/α,β-unsaturated/α-hetero) is 1. The highest BCUT2D eigenvalue weighted by molar-refractivity contribution is 6.03. The van der Waals surface area contributed by atoms with E-state index in [0.717, 1.165) is 12.0 Å². The molecule has 0 atom stereocenters. The number of aryl methyl sites for hydroxylation is 1. The maximum absolute atomic E-state index is 11.7. The molecule has 0 heterocycles. The van der Waals surface area contributed by atoms with Gasteiger partial charge in [0.25, 0.3) is 0 Å². The molecule has 1 aromatic rings. The van der Waals surface area contributed by atoms with Crippen LogP contribution in [-0.2, 0) is 5.41 Å². The van der Waals surface area contributed by atoms with Gasteiger partial charge >= 0.3 is 0 Å². The largest absolute Gasteiger partial charge is 0.294 e. The summed E-state index contributed by atoms with van der Waals surface area (Å²) in [6, 6.07) is 6.10. The lowest BCUT2D eigenvalue weighted by atomic mass is 9.94. The second-order valence-electron chi connectivity index (χ2n) is 4.38. The molecule has 0 unspecified atom stereocenters. The standard InChI is InChI=1S/C12H12O/c1-8-3-2-4-9-10(13)7-12(5-6-12)11(8)9/h2-4H,5-7H2,1H3. The lowest BCUT2D eigenvalue weighted by molar-refractivity contribution is 0.0986. The molecule has 66 valence electrons. The molecule has 3 rings (SSSR count). The summed E-state index contributed by atoms with van der Waals surface area (Å²) in [7, 11) is 0. The summed E-state index contributed by atoms with van der Waals surface area (Å²) in [5.74, 6) is 0.358. The number of carbonyl (C=O) groups excluding carboxylic acids is 1. The quantitative estimate of drug-likeness (QED) is 0.588. The molecular formula is C12H12O. The summed E-state index contributed by atoms with van der Waals surface area (Å²) in [6.07, 6.45) is 3.21. The third-order valence-electron chi connectivity index (χ3n) is 3.46. The number of fused-ring (bicyclic) bond motifs is 2. The van der Waals surface area contributed by atoms with E-state index < -0.39 is 0 Å². The van der Waals surface area contributed by atoms with Crippen LogP contribution in [0.25, 0.3) is 0 Å². The van der Waals surface area contributed by atoms with E-state index in [9.17, 15) is 4.79 Å². The van der Waals surface area contributed by atoms with Crippen LogP contribution in [0.4, 0.5) is 0 Å². The van der Waals surface area contributed by atoms with Crippen molar-refractivity contribution in [1.82, 2.24) is 0 Å². The summed E-state index contributed by atoms with van der Waals surface area (Å²) < 4.78 is 0. The van der Waals surface area contributed by atoms with Crippen LogP contribution in [0.3, 0.4) is 0 Å². The first kappa shape index (κ1) is 7.31. The highest BCUT2D eigenvalue weighted by Crippen LogP contribution is 2.57. The minimum atomic E-state index is 0.289. The maximum Gasteiger partial charge on any atom is 0.164 e. The number of hydrogen-bond acceptors (Lipinski definition) is 1. The van der Waals surface area contributed by atoms with Crippen LogP contribution in [-0.4, -0.2) is 5.78 Å². The van der Waals surface area contributed by atoms with E-state index >= 15 is 0 Å². The van der Waals surface area contributed by atoms with Gasteiger partial charge in [0.2, 0.25) is 0 Å². The first-order valence-corrected chi connectivity index (χ1v) is 4.86. The van der Waals surface area contributed by atoms with E-state index in [1.54, 1.807) is 0 Å². The molecular weight excluding hydrogens is 160 g/mol. The fraction of sp³-hybridized carbons (Fsp3) is 0.417.